The molecule has 0 bridgehead atoms. The number of hydrogen-bond acceptors (Lipinski definition) is 4. The van der Waals surface area contributed by atoms with Crippen molar-refractivity contribution in [2.45, 2.75) is 6.92 Å². The van der Waals surface area contributed by atoms with Crippen molar-refractivity contribution in [3.8, 4) is 0 Å². The Morgan fingerprint density at radius 3 is 2.80 bits per heavy atom. The molecule has 0 fully saturated rings. The fourth-order valence-electron chi connectivity index (χ4n) is 0.482. The van der Waals surface area contributed by atoms with Crippen LogP contribution in [0.4, 0.5) is 0 Å². The van der Waals surface area contributed by atoms with Gasteiger partial charge in [-0.3, -0.25) is 9.59 Å². The van der Waals surface area contributed by atoms with Crippen LogP contribution >= 0.6 is 11.3 Å². The number of thiazole rings is 1. The fraction of sp³-hybridized carbons (Fsp3) is 0.167. The summed E-state index contributed by atoms with van der Waals surface area (Å²) in [5.41, 5.74) is 0.336. The monoisotopic (exact) mass is 154 g/mol. The number of carbonyl (C=O) groups is 1. The Balaban J connectivity index is 2.98. The predicted octanol–water partition coefficient (Wildman–Crippen LogP) is 0.804. The van der Waals surface area contributed by atoms with Gasteiger partial charge in [0.2, 0.25) is 0 Å². The zero-order valence-electron chi connectivity index (χ0n) is 5.25. The summed E-state index contributed by atoms with van der Waals surface area (Å²) in [5.74, 6) is -0.127. The van der Waals surface area contributed by atoms with E-state index in [9.17, 15) is 9.59 Å². The largest absolute Gasteiger partial charge is 0.293 e. The highest BCUT2D eigenvalue weighted by atomic mass is 32.1. The Morgan fingerprint density at radius 1 is 1.80 bits per heavy atom. The average Bonchev–Trinajstić information content (AvgIpc) is 2.34. The van der Waals surface area contributed by atoms with E-state index in [2.05, 4.69) is 4.98 Å². The van der Waals surface area contributed by atoms with E-state index in [-0.39, 0.29) is 10.8 Å². The first-order valence-electron chi connectivity index (χ1n) is 2.58. The maximum absolute atomic E-state index is 10.6. The highest BCUT2D eigenvalue weighted by Gasteiger charge is 2.04. The maximum Gasteiger partial charge on any atom is 0.264 e. The zero-order chi connectivity index (χ0) is 7.56. The second kappa shape index (κ2) is 2.70. The van der Waals surface area contributed by atoms with Gasteiger partial charge in [0, 0.05) is 12.3 Å². The molecule has 0 unspecified atom stereocenters. The van der Waals surface area contributed by atoms with E-state index in [0.717, 1.165) is 11.3 Å². The lowest BCUT2D eigenvalue weighted by atomic mass is 10.4. The normalized spacial score (nSPS) is 9.30. The standard InChI is InChI=1S/C6H4NO2S/c1-4(9)5-3-10-6(2-8)7-5/h3H,1H3. The number of carbonyl (C=O) groups excluding carboxylic acids is 2. The summed E-state index contributed by atoms with van der Waals surface area (Å²) in [5, 5.41) is 1.77. The van der Waals surface area contributed by atoms with E-state index >= 15 is 0 Å². The molecule has 4 heteroatoms. The molecule has 0 N–H and O–H groups in total. The lowest BCUT2D eigenvalue weighted by Crippen LogP contribution is -1.91. The SMILES string of the molecule is CC(=O)c1csc([C]=O)n1. The van der Waals surface area contributed by atoms with Gasteiger partial charge in [0.15, 0.2) is 10.8 Å². The van der Waals surface area contributed by atoms with Crippen LogP contribution in [0.3, 0.4) is 0 Å². The zero-order valence-corrected chi connectivity index (χ0v) is 6.07. The van der Waals surface area contributed by atoms with Crippen LogP contribution in [0.1, 0.15) is 22.4 Å². The molecular formula is C6H4NO2S. The van der Waals surface area contributed by atoms with Gasteiger partial charge in [-0.25, -0.2) is 4.98 Å². The highest BCUT2D eigenvalue weighted by molar-refractivity contribution is 7.11. The van der Waals surface area contributed by atoms with Crippen LogP contribution in [-0.4, -0.2) is 17.1 Å². The maximum atomic E-state index is 10.6. The molecular weight excluding hydrogens is 150 g/mol. The van der Waals surface area contributed by atoms with Crippen molar-refractivity contribution < 1.29 is 9.59 Å². The van der Waals surface area contributed by atoms with Gasteiger partial charge < -0.3 is 0 Å². The van der Waals surface area contributed by atoms with E-state index in [0.29, 0.717) is 5.69 Å². The Labute approximate surface area is 61.7 Å². The highest BCUT2D eigenvalue weighted by Crippen LogP contribution is 2.06. The molecule has 3 nitrogen and oxygen atoms in total. The summed E-state index contributed by atoms with van der Waals surface area (Å²) >= 11 is 1.12. The molecule has 0 saturated carbocycles. The fourth-order valence-corrected chi connectivity index (χ4v) is 1.12. The molecule has 0 amide bonds. The Hall–Kier alpha value is -1.03. The molecule has 1 rings (SSSR count). The number of rotatable bonds is 2. The first-order chi connectivity index (χ1) is 4.74. The Kier molecular flexibility index (Phi) is 1.91. The molecule has 1 aromatic rings. The van der Waals surface area contributed by atoms with Crippen molar-refractivity contribution in [1.29, 1.82) is 0 Å². The minimum absolute atomic E-state index is 0.127. The smallest absolute Gasteiger partial charge is 0.264 e. The van der Waals surface area contributed by atoms with Gasteiger partial charge in [-0.15, -0.1) is 11.3 Å². The third-order valence-electron chi connectivity index (χ3n) is 0.952. The third-order valence-corrected chi connectivity index (χ3v) is 1.69. The van der Waals surface area contributed by atoms with Gasteiger partial charge in [0.25, 0.3) is 6.29 Å². The minimum atomic E-state index is -0.127. The Morgan fingerprint density at radius 2 is 2.50 bits per heavy atom. The summed E-state index contributed by atoms with van der Waals surface area (Å²) in [4.78, 5) is 24.2. The molecule has 1 heterocycles. The van der Waals surface area contributed by atoms with Crippen molar-refractivity contribution in [1.82, 2.24) is 4.98 Å². The molecule has 0 aliphatic carbocycles. The van der Waals surface area contributed by atoms with Gasteiger partial charge in [-0.05, 0) is 0 Å². The van der Waals surface area contributed by atoms with E-state index in [1.807, 2.05) is 0 Å². The van der Waals surface area contributed by atoms with Crippen LogP contribution < -0.4 is 0 Å². The lowest BCUT2D eigenvalue weighted by Gasteiger charge is -1.79. The van der Waals surface area contributed by atoms with Crippen LogP contribution in [-0.2, 0) is 4.79 Å². The predicted molar refractivity (Wildman–Crippen MR) is 36.9 cm³/mol. The molecule has 0 aromatic carbocycles. The summed E-state index contributed by atoms with van der Waals surface area (Å²) < 4.78 is 0. The average molecular weight is 154 g/mol. The van der Waals surface area contributed by atoms with Gasteiger partial charge in [0.05, 0.1) is 0 Å². The first-order valence-corrected chi connectivity index (χ1v) is 3.46. The van der Waals surface area contributed by atoms with Crippen molar-refractivity contribution in [3.05, 3.63) is 16.1 Å². The topological polar surface area (TPSA) is 47.0 Å². The summed E-state index contributed by atoms with van der Waals surface area (Å²) in [7, 11) is 0. The molecule has 0 aliphatic heterocycles. The molecule has 0 aliphatic rings. The number of Topliss-reactive ketones (excluding diaryl/α,β-unsaturated/α-hetero) is 1. The lowest BCUT2D eigenvalue weighted by molar-refractivity contribution is 0.101. The van der Waals surface area contributed by atoms with Crippen molar-refractivity contribution >= 4 is 23.4 Å². The van der Waals surface area contributed by atoms with Gasteiger partial charge in [-0.2, -0.15) is 0 Å². The molecule has 0 spiro atoms. The molecule has 1 radical (unpaired) electrons. The Bertz CT molecular complexity index is 266. The van der Waals surface area contributed by atoms with Gasteiger partial charge in [-0.1, -0.05) is 0 Å². The number of nitrogens with zero attached hydrogens (tertiary/aromatic N) is 1. The van der Waals surface area contributed by atoms with E-state index in [1.54, 1.807) is 11.7 Å². The second-order valence-corrected chi connectivity index (χ2v) is 2.55. The quantitative estimate of drug-likeness (QED) is 0.592. The van der Waals surface area contributed by atoms with E-state index in [1.165, 1.54) is 6.92 Å². The van der Waals surface area contributed by atoms with Crippen molar-refractivity contribution in [2.75, 3.05) is 0 Å². The molecule has 10 heavy (non-hydrogen) atoms. The molecule has 51 valence electrons. The number of ketones is 1. The van der Waals surface area contributed by atoms with Crippen LogP contribution in [0, 0.1) is 0 Å². The third kappa shape index (κ3) is 1.27. The second-order valence-electron chi connectivity index (χ2n) is 1.70. The van der Waals surface area contributed by atoms with E-state index < -0.39 is 0 Å². The van der Waals surface area contributed by atoms with Crippen LogP contribution in [0.5, 0.6) is 0 Å². The van der Waals surface area contributed by atoms with Crippen LogP contribution in [0.25, 0.3) is 0 Å². The first kappa shape index (κ1) is 7.08. The van der Waals surface area contributed by atoms with Gasteiger partial charge in [0.1, 0.15) is 5.69 Å². The summed E-state index contributed by atoms with van der Waals surface area (Å²) in [6.45, 7) is 1.41. The number of hydrogen-bond donors (Lipinski definition) is 0. The van der Waals surface area contributed by atoms with E-state index in [4.69, 9.17) is 0 Å². The van der Waals surface area contributed by atoms with Crippen molar-refractivity contribution in [3.63, 3.8) is 0 Å². The molecule has 1 aromatic heterocycles. The minimum Gasteiger partial charge on any atom is -0.293 e. The van der Waals surface area contributed by atoms with Crippen LogP contribution in [0.15, 0.2) is 5.38 Å². The van der Waals surface area contributed by atoms with Crippen molar-refractivity contribution in [2.24, 2.45) is 0 Å². The number of aromatic nitrogens is 1. The van der Waals surface area contributed by atoms with Gasteiger partial charge >= 0.3 is 0 Å². The molecule has 0 atom stereocenters. The summed E-state index contributed by atoms with van der Waals surface area (Å²) in [6, 6.07) is 0. The molecule has 0 saturated heterocycles. The van der Waals surface area contributed by atoms with Crippen LogP contribution in [0.2, 0.25) is 0 Å². The summed E-state index contributed by atoms with van der Waals surface area (Å²) in [6.07, 6.45) is 1.61.